The van der Waals surface area contributed by atoms with E-state index in [0.29, 0.717) is 22.2 Å². The predicted molar refractivity (Wildman–Crippen MR) is 103 cm³/mol. The fourth-order valence-corrected chi connectivity index (χ4v) is 4.56. The quantitative estimate of drug-likeness (QED) is 0.842. The highest BCUT2D eigenvalue weighted by atomic mass is 35.5. The van der Waals surface area contributed by atoms with E-state index in [1.165, 1.54) is 12.5 Å². The van der Waals surface area contributed by atoms with E-state index in [1.807, 2.05) is 6.92 Å². The molecule has 0 unspecified atom stereocenters. The molecule has 2 heterocycles. The van der Waals surface area contributed by atoms with Crippen LogP contribution in [0.5, 0.6) is 0 Å². The van der Waals surface area contributed by atoms with Crippen molar-refractivity contribution >= 4 is 27.6 Å². The van der Waals surface area contributed by atoms with Gasteiger partial charge in [0.2, 0.25) is 16.0 Å². The maximum absolute atomic E-state index is 12.6. The van der Waals surface area contributed by atoms with Crippen LogP contribution in [0.4, 0.5) is 5.95 Å². The van der Waals surface area contributed by atoms with Crippen LogP contribution >= 0.6 is 11.6 Å². The van der Waals surface area contributed by atoms with Crippen molar-refractivity contribution in [3.63, 3.8) is 0 Å². The summed E-state index contributed by atoms with van der Waals surface area (Å²) in [5, 5.41) is 0.390. The molecule has 1 aromatic carbocycles. The monoisotopic (exact) mass is 394 g/mol. The fourth-order valence-electron chi connectivity index (χ4n) is 3.05. The minimum atomic E-state index is -3.67. The smallest absolute Gasteiger partial charge is 0.241 e. The number of rotatable bonds is 5. The number of benzene rings is 1. The lowest BCUT2D eigenvalue weighted by atomic mass is 10.1. The van der Waals surface area contributed by atoms with Crippen molar-refractivity contribution < 1.29 is 8.42 Å². The van der Waals surface area contributed by atoms with Crippen LogP contribution in [-0.2, 0) is 16.6 Å². The molecule has 0 amide bonds. The van der Waals surface area contributed by atoms with Crippen molar-refractivity contribution in [2.45, 2.75) is 44.6 Å². The standard InChI is InChI=1S/C18H23ClN4O2S/c1-13-6-7-15(19)11-17(13)26(24,25)20-12-16-10-14(2)21-18(22-16)23-8-4-3-5-9-23/h6-7,10-11,20H,3-5,8-9,12H2,1-2H3. The lowest BCUT2D eigenvalue weighted by Gasteiger charge is -2.27. The Hall–Kier alpha value is -1.70. The summed E-state index contributed by atoms with van der Waals surface area (Å²) in [5.74, 6) is 0.679. The molecule has 26 heavy (non-hydrogen) atoms. The van der Waals surface area contributed by atoms with Crippen LogP contribution in [0.25, 0.3) is 0 Å². The Kier molecular flexibility index (Phi) is 5.79. The van der Waals surface area contributed by atoms with E-state index < -0.39 is 10.0 Å². The highest BCUT2D eigenvalue weighted by molar-refractivity contribution is 7.89. The minimum absolute atomic E-state index is 0.110. The van der Waals surface area contributed by atoms with Gasteiger partial charge in [0, 0.05) is 23.8 Å². The zero-order valence-electron chi connectivity index (χ0n) is 15.0. The zero-order valence-corrected chi connectivity index (χ0v) is 16.6. The summed E-state index contributed by atoms with van der Waals surface area (Å²) in [6, 6.07) is 6.64. The summed E-state index contributed by atoms with van der Waals surface area (Å²) < 4.78 is 27.9. The summed E-state index contributed by atoms with van der Waals surface area (Å²) >= 11 is 5.95. The van der Waals surface area contributed by atoms with Gasteiger partial charge in [-0.2, -0.15) is 0 Å². The molecule has 2 aromatic rings. The van der Waals surface area contributed by atoms with Gasteiger partial charge in [-0.05, 0) is 56.9 Å². The van der Waals surface area contributed by atoms with E-state index in [4.69, 9.17) is 11.6 Å². The molecule has 0 saturated carbocycles. The van der Waals surface area contributed by atoms with Gasteiger partial charge in [0.15, 0.2) is 0 Å². The molecular formula is C18H23ClN4O2S. The molecule has 1 N–H and O–H groups in total. The van der Waals surface area contributed by atoms with Crippen LogP contribution in [0.3, 0.4) is 0 Å². The maximum atomic E-state index is 12.6. The number of piperidine rings is 1. The van der Waals surface area contributed by atoms with E-state index in [2.05, 4.69) is 19.6 Å². The van der Waals surface area contributed by atoms with Gasteiger partial charge in [-0.15, -0.1) is 0 Å². The van der Waals surface area contributed by atoms with Gasteiger partial charge in [-0.3, -0.25) is 0 Å². The molecule has 0 spiro atoms. The molecule has 0 radical (unpaired) electrons. The Labute approximate surface area is 159 Å². The summed E-state index contributed by atoms with van der Waals surface area (Å²) in [6.07, 6.45) is 3.49. The molecule has 8 heteroatoms. The van der Waals surface area contributed by atoms with Crippen LogP contribution in [0.15, 0.2) is 29.2 Å². The number of aryl methyl sites for hydroxylation is 2. The molecule has 0 aliphatic carbocycles. The number of sulfonamides is 1. The molecule has 1 aliphatic heterocycles. The number of hydrogen-bond donors (Lipinski definition) is 1. The largest absolute Gasteiger partial charge is 0.341 e. The van der Waals surface area contributed by atoms with E-state index >= 15 is 0 Å². The first kappa shape index (κ1) is 19.1. The molecule has 3 rings (SSSR count). The second kappa shape index (κ2) is 7.90. The van der Waals surface area contributed by atoms with Crippen molar-refractivity contribution in [2.24, 2.45) is 0 Å². The van der Waals surface area contributed by atoms with Gasteiger partial charge in [0.1, 0.15) is 0 Å². The molecular weight excluding hydrogens is 372 g/mol. The molecule has 1 aromatic heterocycles. The summed E-state index contributed by atoms with van der Waals surface area (Å²) in [6.45, 7) is 5.63. The van der Waals surface area contributed by atoms with Crippen LogP contribution in [0.2, 0.25) is 5.02 Å². The van der Waals surface area contributed by atoms with Gasteiger partial charge in [-0.1, -0.05) is 17.7 Å². The van der Waals surface area contributed by atoms with Crippen molar-refractivity contribution in [3.05, 3.63) is 46.2 Å². The van der Waals surface area contributed by atoms with E-state index in [0.717, 1.165) is 31.6 Å². The number of aromatic nitrogens is 2. The third-order valence-corrected chi connectivity index (χ3v) is 6.20. The molecule has 1 saturated heterocycles. The highest BCUT2D eigenvalue weighted by Gasteiger charge is 2.19. The molecule has 0 atom stereocenters. The van der Waals surface area contributed by atoms with Gasteiger partial charge in [0.05, 0.1) is 17.1 Å². The first-order chi connectivity index (χ1) is 12.3. The SMILES string of the molecule is Cc1cc(CNS(=O)(=O)c2cc(Cl)ccc2C)nc(N2CCCCC2)n1. The Morgan fingerprint density at radius 1 is 1.12 bits per heavy atom. The Bertz CT molecular complexity index is 896. The van der Waals surface area contributed by atoms with Crippen LogP contribution in [0, 0.1) is 13.8 Å². The summed E-state index contributed by atoms with van der Waals surface area (Å²) in [5.41, 5.74) is 2.13. The van der Waals surface area contributed by atoms with Gasteiger partial charge >= 0.3 is 0 Å². The number of halogens is 1. The third kappa shape index (κ3) is 4.52. The van der Waals surface area contributed by atoms with Crippen molar-refractivity contribution in [1.29, 1.82) is 0 Å². The average molecular weight is 395 g/mol. The fraction of sp³-hybridized carbons (Fsp3) is 0.444. The Balaban J connectivity index is 1.78. The molecule has 0 bridgehead atoms. The van der Waals surface area contributed by atoms with E-state index in [1.54, 1.807) is 25.1 Å². The zero-order chi connectivity index (χ0) is 18.7. The third-order valence-electron chi connectivity index (χ3n) is 4.42. The molecule has 1 fully saturated rings. The van der Waals surface area contributed by atoms with Crippen molar-refractivity contribution in [1.82, 2.24) is 14.7 Å². The highest BCUT2D eigenvalue weighted by Crippen LogP contribution is 2.21. The molecule has 1 aliphatic rings. The number of nitrogens with zero attached hydrogens (tertiary/aromatic N) is 3. The van der Waals surface area contributed by atoms with Crippen LogP contribution in [-0.4, -0.2) is 31.5 Å². The molecule has 140 valence electrons. The average Bonchev–Trinajstić information content (AvgIpc) is 2.62. The topological polar surface area (TPSA) is 75.2 Å². The normalized spacial score (nSPS) is 15.3. The number of nitrogens with one attached hydrogen (secondary N) is 1. The lowest BCUT2D eigenvalue weighted by Crippen LogP contribution is -2.32. The first-order valence-electron chi connectivity index (χ1n) is 8.70. The Morgan fingerprint density at radius 2 is 1.85 bits per heavy atom. The predicted octanol–water partition coefficient (Wildman–Crippen LogP) is 3.22. The van der Waals surface area contributed by atoms with Crippen LogP contribution in [0.1, 0.15) is 36.2 Å². The van der Waals surface area contributed by atoms with E-state index in [9.17, 15) is 8.42 Å². The first-order valence-corrected chi connectivity index (χ1v) is 10.6. The number of hydrogen-bond acceptors (Lipinski definition) is 5. The summed E-state index contributed by atoms with van der Waals surface area (Å²) in [4.78, 5) is 11.4. The van der Waals surface area contributed by atoms with Gasteiger partial charge in [0.25, 0.3) is 0 Å². The molecule has 6 nitrogen and oxygen atoms in total. The second-order valence-electron chi connectivity index (χ2n) is 6.58. The van der Waals surface area contributed by atoms with Crippen LogP contribution < -0.4 is 9.62 Å². The van der Waals surface area contributed by atoms with E-state index in [-0.39, 0.29) is 11.4 Å². The van der Waals surface area contributed by atoms with Gasteiger partial charge < -0.3 is 4.90 Å². The number of anilines is 1. The Morgan fingerprint density at radius 3 is 2.58 bits per heavy atom. The lowest BCUT2D eigenvalue weighted by molar-refractivity contribution is 0.565. The van der Waals surface area contributed by atoms with Crippen molar-refractivity contribution in [2.75, 3.05) is 18.0 Å². The second-order valence-corrected chi connectivity index (χ2v) is 8.75. The van der Waals surface area contributed by atoms with Crippen molar-refractivity contribution in [3.8, 4) is 0 Å². The van der Waals surface area contributed by atoms with Gasteiger partial charge in [-0.25, -0.2) is 23.1 Å². The minimum Gasteiger partial charge on any atom is -0.341 e. The summed E-state index contributed by atoms with van der Waals surface area (Å²) in [7, 11) is -3.67. The maximum Gasteiger partial charge on any atom is 0.241 e.